The van der Waals surface area contributed by atoms with E-state index in [1.807, 2.05) is 0 Å². The summed E-state index contributed by atoms with van der Waals surface area (Å²) in [7, 11) is 0. The van der Waals surface area contributed by atoms with Crippen molar-refractivity contribution in [3.63, 3.8) is 0 Å². The topological polar surface area (TPSA) is 95.2 Å². The van der Waals surface area contributed by atoms with Gasteiger partial charge in [-0.25, -0.2) is 0 Å². The number of aromatic amines is 1. The molecule has 6 nitrogen and oxygen atoms in total. The van der Waals surface area contributed by atoms with Gasteiger partial charge in [-0.3, -0.25) is 9.89 Å². The molecule has 2 heterocycles. The summed E-state index contributed by atoms with van der Waals surface area (Å²) < 4.78 is 0. The van der Waals surface area contributed by atoms with Crippen LogP contribution in [0.2, 0.25) is 0 Å². The molecule has 0 aromatic carbocycles. The summed E-state index contributed by atoms with van der Waals surface area (Å²) >= 11 is 0. The highest BCUT2D eigenvalue weighted by atomic mass is 16.3. The number of H-pyrrole nitrogens is 1. The smallest absolute Gasteiger partial charge is 0.272 e. The van der Waals surface area contributed by atoms with Crippen LogP contribution >= 0.6 is 0 Å². The van der Waals surface area contributed by atoms with Gasteiger partial charge in [0.25, 0.3) is 5.91 Å². The average molecular weight is 196 g/mol. The first-order valence-corrected chi connectivity index (χ1v) is 4.30. The third kappa shape index (κ3) is 1.44. The van der Waals surface area contributed by atoms with Gasteiger partial charge in [-0.05, 0) is 6.92 Å². The molecule has 0 unspecified atom stereocenters. The van der Waals surface area contributed by atoms with E-state index in [0.717, 1.165) is 0 Å². The van der Waals surface area contributed by atoms with Gasteiger partial charge in [-0.15, -0.1) is 0 Å². The van der Waals surface area contributed by atoms with Gasteiger partial charge in [0.2, 0.25) is 0 Å². The zero-order chi connectivity index (χ0) is 10.3. The van der Waals surface area contributed by atoms with Crippen molar-refractivity contribution in [2.45, 2.75) is 12.5 Å². The van der Waals surface area contributed by atoms with E-state index in [9.17, 15) is 9.90 Å². The molecule has 0 atom stereocenters. The van der Waals surface area contributed by atoms with E-state index in [0.29, 0.717) is 24.6 Å². The minimum atomic E-state index is -0.749. The van der Waals surface area contributed by atoms with Crippen LogP contribution < -0.4 is 5.73 Å². The first-order chi connectivity index (χ1) is 6.48. The number of β-amino-alcohol motifs (C(OH)–C–C–N with tert-alkyl or cyclic N) is 1. The van der Waals surface area contributed by atoms with Crippen LogP contribution in [0, 0.1) is 0 Å². The Morgan fingerprint density at radius 1 is 1.79 bits per heavy atom. The average Bonchev–Trinajstić information content (AvgIpc) is 2.46. The fourth-order valence-corrected chi connectivity index (χ4v) is 1.54. The van der Waals surface area contributed by atoms with Crippen molar-refractivity contribution >= 4 is 11.7 Å². The number of nitrogens with two attached hydrogens (primary N) is 1. The highest BCUT2D eigenvalue weighted by Gasteiger charge is 2.40. The Morgan fingerprint density at radius 2 is 2.43 bits per heavy atom. The molecule has 14 heavy (non-hydrogen) atoms. The lowest BCUT2D eigenvalue weighted by Crippen LogP contribution is -2.61. The fourth-order valence-electron chi connectivity index (χ4n) is 1.54. The molecule has 1 saturated heterocycles. The number of amides is 1. The second kappa shape index (κ2) is 2.71. The third-order valence-corrected chi connectivity index (χ3v) is 2.18. The van der Waals surface area contributed by atoms with Gasteiger partial charge in [-0.2, -0.15) is 5.10 Å². The molecular formula is C8H12N4O2. The molecule has 1 fully saturated rings. The van der Waals surface area contributed by atoms with Crippen LogP contribution in [0.15, 0.2) is 6.07 Å². The van der Waals surface area contributed by atoms with Crippen LogP contribution in [0.5, 0.6) is 0 Å². The minimum absolute atomic E-state index is 0.180. The summed E-state index contributed by atoms with van der Waals surface area (Å²) in [6, 6.07) is 1.48. The third-order valence-electron chi connectivity index (χ3n) is 2.18. The molecule has 1 aliphatic heterocycles. The lowest BCUT2D eigenvalue weighted by molar-refractivity contribution is -0.0670. The van der Waals surface area contributed by atoms with E-state index in [1.165, 1.54) is 11.0 Å². The second-order valence-electron chi connectivity index (χ2n) is 3.86. The standard InChI is InChI=1S/C8H12N4O2/c1-8(14)3-12(4-8)7(13)5-2-6(9)11-10-5/h2,14H,3-4H2,1H3,(H3,9,10,11). The molecule has 4 N–H and O–H groups in total. The highest BCUT2D eigenvalue weighted by Crippen LogP contribution is 2.21. The summed E-state index contributed by atoms with van der Waals surface area (Å²) in [5, 5.41) is 15.6. The summed E-state index contributed by atoms with van der Waals surface area (Å²) in [6.07, 6.45) is 0. The fraction of sp³-hybridized carbons (Fsp3) is 0.500. The van der Waals surface area contributed by atoms with Crippen molar-refractivity contribution in [1.29, 1.82) is 0 Å². The van der Waals surface area contributed by atoms with Crippen LogP contribution in [0.25, 0.3) is 0 Å². The van der Waals surface area contributed by atoms with Gasteiger partial charge >= 0.3 is 0 Å². The number of nitrogens with zero attached hydrogens (tertiary/aromatic N) is 2. The second-order valence-corrected chi connectivity index (χ2v) is 3.86. The molecule has 0 bridgehead atoms. The molecule has 2 rings (SSSR count). The molecule has 0 aliphatic carbocycles. The van der Waals surface area contributed by atoms with Crippen molar-refractivity contribution < 1.29 is 9.90 Å². The van der Waals surface area contributed by atoms with E-state index >= 15 is 0 Å². The monoisotopic (exact) mass is 196 g/mol. The zero-order valence-electron chi connectivity index (χ0n) is 7.82. The molecule has 76 valence electrons. The van der Waals surface area contributed by atoms with Crippen molar-refractivity contribution in [2.24, 2.45) is 0 Å². The van der Waals surface area contributed by atoms with Crippen molar-refractivity contribution in [2.75, 3.05) is 18.8 Å². The largest absolute Gasteiger partial charge is 0.386 e. The number of rotatable bonds is 1. The first kappa shape index (κ1) is 9.01. The molecule has 1 aromatic heterocycles. The van der Waals surface area contributed by atoms with Crippen LogP contribution in [0.4, 0.5) is 5.82 Å². The Labute approximate surface area is 80.7 Å². The summed E-state index contributed by atoms with van der Waals surface area (Å²) in [5.41, 5.74) is 4.98. The Kier molecular flexibility index (Phi) is 1.75. The maximum absolute atomic E-state index is 11.6. The van der Waals surface area contributed by atoms with E-state index in [-0.39, 0.29) is 5.91 Å². The predicted molar refractivity (Wildman–Crippen MR) is 49.5 cm³/mol. The molecule has 1 aliphatic rings. The quantitative estimate of drug-likeness (QED) is 0.548. The maximum Gasteiger partial charge on any atom is 0.272 e. The first-order valence-electron chi connectivity index (χ1n) is 4.30. The Balaban J connectivity index is 2.04. The number of anilines is 1. The zero-order valence-corrected chi connectivity index (χ0v) is 7.82. The van der Waals surface area contributed by atoms with Crippen LogP contribution in [-0.4, -0.2) is 44.8 Å². The molecule has 0 spiro atoms. The number of likely N-dealkylation sites (tertiary alicyclic amines) is 1. The van der Waals surface area contributed by atoms with E-state index < -0.39 is 5.60 Å². The molecule has 6 heteroatoms. The number of hydrogen-bond acceptors (Lipinski definition) is 4. The van der Waals surface area contributed by atoms with Crippen LogP contribution in [0.3, 0.4) is 0 Å². The predicted octanol–water partition coefficient (Wildman–Crippen LogP) is -0.801. The van der Waals surface area contributed by atoms with Gasteiger partial charge in [0, 0.05) is 6.07 Å². The number of nitrogen functional groups attached to an aromatic ring is 1. The van der Waals surface area contributed by atoms with Gasteiger partial charge < -0.3 is 15.7 Å². The summed E-state index contributed by atoms with van der Waals surface area (Å²) in [6.45, 7) is 2.40. The Morgan fingerprint density at radius 3 is 2.86 bits per heavy atom. The molecule has 0 saturated carbocycles. The minimum Gasteiger partial charge on any atom is -0.386 e. The number of carbonyl (C=O) groups is 1. The van der Waals surface area contributed by atoms with Gasteiger partial charge in [-0.1, -0.05) is 0 Å². The molecule has 1 amide bonds. The number of aromatic nitrogens is 2. The number of nitrogens with one attached hydrogen (secondary N) is 1. The highest BCUT2D eigenvalue weighted by molar-refractivity contribution is 5.93. The van der Waals surface area contributed by atoms with Gasteiger partial charge in [0.1, 0.15) is 11.5 Å². The molecule has 0 radical (unpaired) electrons. The maximum atomic E-state index is 11.6. The van der Waals surface area contributed by atoms with Gasteiger partial charge in [0.15, 0.2) is 0 Å². The lowest BCUT2D eigenvalue weighted by Gasteiger charge is -2.43. The van der Waals surface area contributed by atoms with E-state index in [1.54, 1.807) is 6.92 Å². The lowest BCUT2D eigenvalue weighted by atomic mass is 9.97. The Hall–Kier alpha value is -1.56. The van der Waals surface area contributed by atoms with Crippen LogP contribution in [0.1, 0.15) is 17.4 Å². The summed E-state index contributed by atoms with van der Waals surface area (Å²) in [4.78, 5) is 13.2. The van der Waals surface area contributed by atoms with Crippen molar-refractivity contribution in [1.82, 2.24) is 15.1 Å². The van der Waals surface area contributed by atoms with Crippen molar-refractivity contribution in [3.8, 4) is 0 Å². The number of hydrogen-bond donors (Lipinski definition) is 3. The molecule has 1 aromatic rings. The normalized spacial score (nSPS) is 19.1. The number of carbonyl (C=O) groups excluding carboxylic acids is 1. The van der Waals surface area contributed by atoms with Gasteiger partial charge in [0.05, 0.1) is 18.7 Å². The number of aliphatic hydroxyl groups is 1. The van der Waals surface area contributed by atoms with Crippen LogP contribution in [-0.2, 0) is 0 Å². The molecular weight excluding hydrogens is 184 g/mol. The Bertz CT molecular complexity index is 363. The van der Waals surface area contributed by atoms with E-state index in [4.69, 9.17) is 5.73 Å². The SMILES string of the molecule is CC1(O)CN(C(=O)c2cc(N)n[nH]2)C1. The van der Waals surface area contributed by atoms with E-state index in [2.05, 4.69) is 10.2 Å². The summed E-state index contributed by atoms with van der Waals surface area (Å²) in [5.74, 6) is 0.112. The van der Waals surface area contributed by atoms with Crippen molar-refractivity contribution in [3.05, 3.63) is 11.8 Å².